The van der Waals surface area contributed by atoms with Crippen LogP contribution in [0.15, 0.2) is 54.6 Å². The summed E-state index contributed by atoms with van der Waals surface area (Å²) >= 11 is 0. The highest BCUT2D eigenvalue weighted by molar-refractivity contribution is 5.84. The molecular weight excluding hydrogens is 376 g/mol. The lowest BCUT2D eigenvalue weighted by atomic mass is 9.90. The van der Waals surface area contributed by atoms with Gasteiger partial charge in [0, 0.05) is 6.54 Å². The average Bonchev–Trinajstić information content (AvgIpc) is 2.72. The van der Waals surface area contributed by atoms with Crippen molar-refractivity contribution in [3.05, 3.63) is 65.7 Å². The number of hydrogen-bond donors (Lipinski definition) is 3. The van der Waals surface area contributed by atoms with E-state index in [4.69, 9.17) is 10.5 Å². The lowest BCUT2D eigenvalue weighted by Gasteiger charge is -2.32. The molecule has 0 bridgehead atoms. The van der Waals surface area contributed by atoms with E-state index in [1.807, 2.05) is 54.6 Å². The second-order valence-corrected chi connectivity index (χ2v) is 8.57. The van der Waals surface area contributed by atoms with Crippen molar-refractivity contribution >= 4 is 5.91 Å². The maximum atomic E-state index is 13.0. The minimum atomic E-state index is -1.15. The third-order valence-corrected chi connectivity index (χ3v) is 5.28. The molecule has 2 aromatic carbocycles. The van der Waals surface area contributed by atoms with Gasteiger partial charge in [-0.3, -0.25) is 4.79 Å². The number of aliphatic hydroxyl groups is 1. The molecule has 1 amide bonds. The Balaban J connectivity index is 2.13. The zero-order valence-electron chi connectivity index (χ0n) is 18.6. The number of nitrogens with one attached hydrogen (secondary N) is 1. The number of amides is 1. The van der Waals surface area contributed by atoms with E-state index in [1.54, 1.807) is 13.8 Å². The Morgan fingerprint density at radius 3 is 2.27 bits per heavy atom. The lowest BCUT2D eigenvalue weighted by molar-refractivity contribution is -0.125. The van der Waals surface area contributed by atoms with E-state index in [2.05, 4.69) is 19.2 Å². The van der Waals surface area contributed by atoms with Gasteiger partial charge in [-0.25, -0.2) is 0 Å². The highest BCUT2D eigenvalue weighted by Crippen LogP contribution is 2.28. The second kappa shape index (κ2) is 11.1. The first-order chi connectivity index (χ1) is 14.3. The normalized spacial score (nSPS) is 14.6. The Labute approximate surface area is 180 Å². The van der Waals surface area contributed by atoms with E-state index in [0.717, 1.165) is 29.7 Å². The average molecular weight is 413 g/mol. The molecule has 0 aliphatic rings. The maximum Gasteiger partial charge on any atom is 0.229 e. The molecule has 164 valence electrons. The Hall–Kier alpha value is -2.37. The van der Waals surface area contributed by atoms with Gasteiger partial charge in [0.2, 0.25) is 5.91 Å². The summed E-state index contributed by atoms with van der Waals surface area (Å²) in [6, 6.07) is 16.4. The van der Waals surface area contributed by atoms with Gasteiger partial charge in [-0.15, -0.1) is 0 Å². The molecule has 0 aromatic heterocycles. The van der Waals surface area contributed by atoms with Crippen LogP contribution >= 0.6 is 0 Å². The molecule has 0 heterocycles. The van der Waals surface area contributed by atoms with Crippen molar-refractivity contribution < 1.29 is 14.6 Å². The molecule has 0 spiro atoms. The third kappa shape index (κ3) is 6.85. The fourth-order valence-electron chi connectivity index (χ4n) is 3.56. The van der Waals surface area contributed by atoms with Crippen molar-refractivity contribution in [2.75, 3.05) is 13.2 Å². The molecule has 0 aliphatic heterocycles. The topological polar surface area (TPSA) is 84.6 Å². The molecule has 5 heteroatoms. The largest absolute Gasteiger partial charge is 0.493 e. The first-order valence-electron chi connectivity index (χ1n) is 10.8. The van der Waals surface area contributed by atoms with E-state index in [0.29, 0.717) is 12.5 Å². The molecule has 0 saturated heterocycles. The fourth-order valence-corrected chi connectivity index (χ4v) is 3.56. The quantitative estimate of drug-likeness (QED) is 0.517. The molecule has 4 N–H and O–H groups in total. The molecule has 3 atom stereocenters. The minimum absolute atomic E-state index is 0.192. The molecule has 5 nitrogen and oxygen atoms in total. The number of nitrogens with two attached hydrogens (primary N) is 1. The van der Waals surface area contributed by atoms with Crippen molar-refractivity contribution in [2.24, 2.45) is 11.7 Å². The Morgan fingerprint density at radius 2 is 1.73 bits per heavy atom. The van der Waals surface area contributed by atoms with Gasteiger partial charge in [0.05, 0.1) is 24.2 Å². The zero-order valence-corrected chi connectivity index (χ0v) is 18.6. The van der Waals surface area contributed by atoms with Crippen molar-refractivity contribution in [1.29, 1.82) is 0 Å². The van der Waals surface area contributed by atoms with Crippen LogP contribution in [0.3, 0.4) is 0 Å². The number of rotatable bonds is 11. The molecule has 2 rings (SSSR count). The molecule has 0 saturated carbocycles. The standard InChI is InChI=1S/C25H36N2O3/c1-5-9-18(2)17-30-21-14-12-20(13-15-21)23(25(3,4)29)27-24(28)22(16-26)19-10-7-6-8-11-19/h6-8,10-15,18,22-23,29H,5,9,16-17,26H2,1-4H3,(H,27,28)/t18?,22-,23?/m0/s1. The van der Waals surface area contributed by atoms with Crippen LogP contribution in [0.5, 0.6) is 5.75 Å². The highest BCUT2D eigenvalue weighted by atomic mass is 16.5. The lowest BCUT2D eigenvalue weighted by Crippen LogP contribution is -2.45. The van der Waals surface area contributed by atoms with Gasteiger partial charge < -0.3 is 20.9 Å². The fraction of sp³-hybridized carbons (Fsp3) is 0.480. The summed E-state index contributed by atoms with van der Waals surface area (Å²) in [5.74, 6) is 0.610. The van der Waals surface area contributed by atoms with E-state index in [1.165, 1.54) is 0 Å². The monoisotopic (exact) mass is 412 g/mol. The molecule has 2 aromatic rings. The zero-order chi connectivity index (χ0) is 22.1. The Morgan fingerprint density at radius 1 is 1.10 bits per heavy atom. The van der Waals surface area contributed by atoms with E-state index in [9.17, 15) is 9.90 Å². The van der Waals surface area contributed by atoms with Crippen molar-refractivity contribution in [3.63, 3.8) is 0 Å². The summed E-state index contributed by atoms with van der Waals surface area (Å²) in [5.41, 5.74) is 6.41. The van der Waals surface area contributed by atoms with Crippen LogP contribution in [0, 0.1) is 5.92 Å². The molecule has 0 aliphatic carbocycles. The second-order valence-electron chi connectivity index (χ2n) is 8.57. The molecule has 2 unspecified atom stereocenters. The number of carbonyl (C=O) groups excluding carboxylic acids is 1. The van der Waals surface area contributed by atoms with Crippen LogP contribution in [-0.4, -0.2) is 29.8 Å². The summed E-state index contributed by atoms with van der Waals surface area (Å²) in [6.45, 7) is 8.59. The van der Waals surface area contributed by atoms with Gasteiger partial charge in [0.25, 0.3) is 0 Å². The van der Waals surface area contributed by atoms with Crippen LogP contribution in [0.2, 0.25) is 0 Å². The summed E-state index contributed by atoms with van der Waals surface area (Å²) in [7, 11) is 0. The first kappa shape index (κ1) is 23.9. The Bertz CT molecular complexity index is 769. The van der Waals surface area contributed by atoms with Crippen molar-refractivity contribution in [3.8, 4) is 5.75 Å². The SMILES string of the molecule is CCCC(C)COc1ccc(C(NC(=O)[C@@H](CN)c2ccccc2)C(C)(C)O)cc1. The summed E-state index contributed by atoms with van der Waals surface area (Å²) in [5, 5.41) is 13.7. The van der Waals surface area contributed by atoms with E-state index >= 15 is 0 Å². The molecular formula is C25H36N2O3. The number of hydrogen-bond acceptors (Lipinski definition) is 4. The van der Waals surface area contributed by atoms with Crippen LogP contribution < -0.4 is 15.8 Å². The predicted molar refractivity (Wildman–Crippen MR) is 121 cm³/mol. The van der Waals surface area contributed by atoms with E-state index in [-0.39, 0.29) is 12.5 Å². The number of benzene rings is 2. The van der Waals surface area contributed by atoms with Crippen molar-refractivity contribution in [1.82, 2.24) is 5.32 Å². The minimum Gasteiger partial charge on any atom is -0.493 e. The summed E-state index contributed by atoms with van der Waals surface area (Å²) in [4.78, 5) is 13.0. The van der Waals surface area contributed by atoms with Crippen molar-refractivity contribution in [2.45, 2.75) is 58.1 Å². The molecule has 0 radical (unpaired) electrons. The van der Waals surface area contributed by atoms with Gasteiger partial charge in [0.15, 0.2) is 0 Å². The molecule has 30 heavy (non-hydrogen) atoms. The van der Waals surface area contributed by atoms with Gasteiger partial charge in [0.1, 0.15) is 5.75 Å². The third-order valence-electron chi connectivity index (χ3n) is 5.28. The maximum absolute atomic E-state index is 13.0. The van der Waals surface area contributed by atoms with Crippen LogP contribution in [0.4, 0.5) is 0 Å². The molecule has 0 fully saturated rings. The summed E-state index contributed by atoms with van der Waals surface area (Å²) in [6.07, 6.45) is 2.28. The summed E-state index contributed by atoms with van der Waals surface area (Å²) < 4.78 is 5.87. The van der Waals surface area contributed by atoms with Gasteiger partial charge >= 0.3 is 0 Å². The van der Waals surface area contributed by atoms with Crippen LogP contribution in [0.25, 0.3) is 0 Å². The predicted octanol–water partition coefficient (Wildman–Crippen LogP) is 4.17. The van der Waals surface area contributed by atoms with Crippen LogP contribution in [0.1, 0.15) is 63.6 Å². The Kier molecular flexibility index (Phi) is 8.88. The van der Waals surface area contributed by atoms with Gasteiger partial charge in [-0.1, -0.05) is 62.7 Å². The highest BCUT2D eigenvalue weighted by Gasteiger charge is 2.32. The van der Waals surface area contributed by atoms with Gasteiger partial charge in [-0.05, 0) is 49.4 Å². The van der Waals surface area contributed by atoms with Gasteiger partial charge in [-0.2, -0.15) is 0 Å². The number of ether oxygens (including phenoxy) is 1. The van der Waals surface area contributed by atoms with Crippen LogP contribution in [-0.2, 0) is 4.79 Å². The van der Waals surface area contributed by atoms with E-state index < -0.39 is 17.6 Å². The first-order valence-corrected chi connectivity index (χ1v) is 10.8. The smallest absolute Gasteiger partial charge is 0.229 e. The number of carbonyl (C=O) groups is 1.